The van der Waals surface area contributed by atoms with Gasteiger partial charge in [0.15, 0.2) is 0 Å². The van der Waals surface area contributed by atoms with Gasteiger partial charge in [-0.25, -0.2) is 0 Å². The molecular formula is C19H19NO2S. The van der Waals surface area contributed by atoms with Crippen LogP contribution in [0.3, 0.4) is 0 Å². The summed E-state index contributed by atoms with van der Waals surface area (Å²) in [6.07, 6.45) is 6.43. The number of thioether (sulfide) groups is 1. The summed E-state index contributed by atoms with van der Waals surface area (Å²) in [5, 5.41) is 1.15. The monoisotopic (exact) mass is 325 g/mol. The normalized spacial score (nSPS) is 14.6. The second-order valence-electron chi connectivity index (χ2n) is 6.34. The Morgan fingerprint density at radius 1 is 1.22 bits per heavy atom. The molecule has 23 heavy (non-hydrogen) atoms. The number of hydrogen-bond acceptors (Lipinski definition) is 3. The standard InChI is InChI=1S/C19H19NO2S/c1-11-6-14(10-20(2)19(11)21)16-9-15(23-3)7-13-8-17(12-4-5-12)22-18(13)16/h6-10,12H,4-5H2,1-3H3. The van der Waals surface area contributed by atoms with Gasteiger partial charge in [-0.3, -0.25) is 4.79 Å². The molecule has 4 heteroatoms. The van der Waals surface area contributed by atoms with E-state index in [1.165, 1.54) is 17.7 Å². The van der Waals surface area contributed by atoms with E-state index >= 15 is 0 Å². The third-order valence-electron chi connectivity index (χ3n) is 4.50. The SMILES string of the molecule is CSc1cc(-c2cc(C)c(=O)n(C)c2)c2oc(C3CC3)cc2c1. The van der Waals surface area contributed by atoms with Gasteiger partial charge in [0.05, 0.1) is 0 Å². The first kappa shape index (κ1) is 14.6. The van der Waals surface area contributed by atoms with E-state index in [-0.39, 0.29) is 5.56 Å². The van der Waals surface area contributed by atoms with Crippen molar-refractivity contribution in [3.05, 3.63) is 52.1 Å². The van der Waals surface area contributed by atoms with E-state index in [0.717, 1.165) is 33.4 Å². The topological polar surface area (TPSA) is 35.1 Å². The van der Waals surface area contributed by atoms with Crippen molar-refractivity contribution in [1.82, 2.24) is 4.57 Å². The molecule has 2 aromatic heterocycles. The molecule has 1 fully saturated rings. The highest BCUT2D eigenvalue weighted by atomic mass is 32.2. The number of rotatable bonds is 3. The lowest BCUT2D eigenvalue weighted by atomic mass is 10.0. The highest BCUT2D eigenvalue weighted by Crippen LogP contribution is 2.44. The Labute approximate surface area is 139 Å². The molecule has 0 unspecified atom stereocenters. The molecule has 0 aliphatic heterocycles. The van der Waals surface area contributed by atoms with Crippen molar-refractivity contribution in [2.24, 2.45) is 7.05 Å². The summed E-state index contributed by atoms with van der Waals surface area (Å²) in [5.41, 5.74) is 3.83. The highest BCUT2D eigenvalue weighted by Gasteiger charge is 2.28. The predicted molar refractivity (Wildman–Crippen MR) is 95.4 cm³/mol. The van der Waals surface area contributed by atoms with E-state index in [9.17, 15) is 4.79 Å². The second-order valence-corrected chi connectivity index (χ2v) is 7.22. The van der Waals surface area contributed by atoms with Crippen molar-refractivity contribution < 1.29 is 4.42 Å². The summed E-state index contributed by atoms with van der Waals surface area (Å²) in [5.74, 6) is 1.69. The number of benzene rings is 1. The van der Waals surface area contributed by atoms with Gasteiger partial charge >= 0.3 is 0 Å². The molecule has 1 aliphatic rings. The van der Waals surface area contributed by atoms with Crippen molar-refractivity contribution >= 4 is 22.7 Å². The third kappa shape index (κ3) is 2.51. The molecule has 3 nitrogen and oxygen atoms in total. The summed E-state index contributed by atoms with van der Waals surface area (Å²) in [6, 6.07) is 8.49. The van der Waals surface area contributed by atoms with Crippen LogP contribution in [0.15, 0.2) is 44.6 Å². The van der Waals surface area contributed by atoms with Crippen LogP contribution in [-0.2, 0) is 7.05 Å². The van der Waals surface area contributed by atoms with Crippen molar-refractivity contribution in [2.45, 2.75) is 30.6 Å². The molecule has 1 aliphatic carbocycles. The third-order valence-corrected chi connectivity index (χ3v) is 5.20. The minimum Gasteiger partial charge on any atom is -0.460 e. The van der Waals surface area contributed by atoms with Crippen LogP contribution in [0.5, 0.6) is 0 Å². The molecule has 4 rings (SSSR count). The molecule has 0 N–H and O–H groups in total. The fourth-order valence-electron chi connectivity index (χ4n) is 3.07. The van der Waals surface area contributed by atoms with E-state index in [1.807, 2.05) is 19.2 Å². The summed E-state index contributed by atoms with van der Waals surface area (Å²) >= 11 is 1.73. The summed E-state index contributed by atoms with van der Waals surface area (Å²) in [4.78, 5) is 13.2. The van der Waals surface area contributed by atoms with E-state index in [2.05, 4.69) is 24.5 Å². The van der Waals surface area contributed by atoms with Crippen LogP contribution in [0, 0.1) is 6.92 Å². The Bertz CT molecular complexity index is 937. The lowest BCUT2D eigenvalue weighted by Gasteiger charge is -2.09. The van der Waals surface area contributed by atoms with Gasteiger partial charge in [0, 0.05) is 46.1 Å². The Balaban J connectivity index is 1.99. The number of aryl methyl sites for hydroxylation is 2. The fourth-order valence-corrected chi connectivity index (χ4v) is 3.55. The van der Waals surface area contributed by atoms with E-state index in [1.54, 1.807) is 23.4 Å². The van der Waals surface area contributed by atoms with E-state index in [4.69, 9.17) is 4.42 Å². The Kier molecular flexibility index (Phi) is 3.38. The van der Waals surface area contributed by atoms with Crippen LogP contribution in [0.4, 0.5) is 0 Å². The maximum Gasteiger partial charge on any atom is 0.253 e. The molecule has 0 spiro atoms. The first-order chi connectivity index (χ1) is 11.1. The van der Waals surface area contributed by atoms with Crippen LogP contribution in [0.2, 0.25) is 0 Å². The van der Waals surface area contributed by atoms with Crippen LogP contribution >= 0.6 is 11.8 Å². The lowest BCUT2D eigenvalue weighted by molar-refractivity contribution is 0.553. The fraction of sp³-hybridized carbons (Fsp3) is 0.316. The molecule has 1 aromatic carbocycles. The molecule has 118 valence electrons. The minimum absolute atomic E-state index is 0.0455. The number of furan rings is 1. The summed E-state index contributed by atoms with van der Waals surface area (Å²) in [7, 11) is 1.80. The summed E-state index contributed by atoms with van der Waals surface area (Å²) in [6.45, 7) is 1.86. The Morgan fingerprint density at radius 2 is 2.00 bits per heavy atom. The van der Waals surface area contributed by atoms with Crippen molar-refractivity contribution in [1.29, 1.82) is 0 Å². The molecular weight excluding hydrogens is 306 g/mol. The van der Waals surface area contributed by atoms with Gasteiger partial charge in [-0.15, -0.1) is 11.8 Å². The molecule has 1 saturated carbocycles. The Morgan fingerprint density at radius 3 is 2.65 bits per heavy atom. The van der Waals surface area contributed by atoms with Crippen molar-refractivity contribution in [3.63, 3.8) is 0 Å². The van der Waals surface area contributed by atoms with Crippen molar-refractivity contribution in [3.8, 4) is 11.1 Å². The molecule has 3 aromatic rings. The quantitative estimate of drug-likeness (QED) is 0.654. The number of nitrogens with zero attached hydrogens (tertiary/aromatic N) is 1. The molecule has 2 heterocycles. The number of hydrogen-bond donors (Lipinski definition) is 0. The zero-order chi connectivity index (χ0) is 16.1. The van der Waals surface area contributed by atoms with E-state index < -0.39 is 0 Å². The maximum absolute atomic E-state index is 12.0. The average molecular weight is 325 g/mol. The number of aromatic nitrogens is 1. The predicted octanol–water partition coefficient (Wildman–Crippen LogP) is 4.71. The molecule has 0 radical (unpaired) electrons. The van der Waals surface area contributed by atoms with E-state index in [0.29, 0.717) is 5.92 Å². The zero-order valence-corrected chi connectivity index (χ0v) is 14.4. The van der Waals surface area contributed by atoms with Gasteiger partial charge in [0.25, 0.3) is 5.56 Å². The van der Waals surface area contributed by atoms with Crippen LogP contribution in [0.1, 0.15) is 30.1 Å². The van der Waals surface area contributed by atoms with Gasteiger partial charge in [0.2, 0.25) is 0 Å². The average Bonchev–Trinajstić information content (AvgIpc) is 3.30. The van der Waals surface area contributed by atoms with Gasteiger partial charge in [-0.05, 0) is 50.3 Å². The number of pyridine rings is 1. The smallest absolute Gasteiger partial charge is 0.253 e. The molecule has 0 atom stereocenters. The Hall–Kier alpha value is -1.94. The minimum atomic E-state index is 0.0455. The second kappa shape index (κ2) is 5.31. The van der Waals surface area contributed by atoms with Gasteiger partial charge in [-0.1, -0.05) is 0 Å². The van der Waals surface area contributed by atoms with Crippen molar-refractivity contribution in [2.75, 3.05) is 6.26 Å². The van der Waals surface area contributed by atoms with Crippen LogP contribution in [0.25, 0.3) is 22.1 Å². The van der Waals surface area contributed by atoms with Gasteiger partial charge < -0.3 is 8.98 Å². The molecule has 0 bridgehead atoms. The zero-order valence-electron chi connectivity index (χ0n) is 13.6. The maximum atomic E-state index is 12.0. The van der Waals surface area contributed by atoms with Gasteiger partial charge in [-0.2, -0.15) is 0 Å². The first-order valence-corrected chi connectivity index (χ1v) is 9.08. The lowest BCUT2D eigenvalue weighted by Crippen LogP contribution is -2.18. The highest BCUT2D eigenvalue weighted by molar-refractivity contribution is 7.98. The largest absolute Gasteiger partial charge is 0.460 e. The first-order valence-electron chi connectivity index (χ1n) is 7.86. The summed E-state index contributed by atoms with van der Waals surface area (Å²) < 4.78 is 7.84. The van der Waals surface area contributed by atoms with Crippen LogP contribution in [-0.4, -0.2) is 10.8 Å². The number of fused-ring (bicyclic) bond motifs is 1. The molecule has 0 amide bonds. The van der Waals surface area contributed by atoms with Crippen LogP contribution < -0.4 is 5.56 Å². The molecule has 0 saturated heterocycles. The van der Waals surface area contributed by atoms with Gasteiger partial charge in [0.1, 0.15) is 11.3 Å².